The summed E-state index contributed by atoms with van der Waals surface area (Å²) in [6.45, 7) is 0.863. The standard InChI is InChI=1S/C12H17ClFNO3S/c1-15(6-3-7-18-2)19(16,17)9-10-4-5-11(13)12(14)8-10/h4-5,8H,3,6-7,9H2,1-2H3. The van der Waals surface area contributed by atoms with Crippen molar-refractivity contribution in [3.8, 4) is 0 Å². The van der Waals surface area contributed by atoms with Crippen LogP contribution >= 0.6 is 11.6 Å². The minimum atomic E-state index is -3.46. The normalized spacial score (nSPS) is 12.1. The lowest BCUT2D eigenvalue weighted by atomic mass is 10.2. The topological polar surface area (TPSA) is 46.6 Å². The van der Waals surface area contributed by atoms with E-state index in [1.807, 2.05) is 0 Å². The summed E-state index contributed by atoms with van der Waals surface area (Å²) >= 11 is 5.55. The van der Waals surface area contributed by atoms with Crippen LogP contribution in [0.5, 0.6) is 0 Å². The van der Waals surface area contributed by atoms with Gasteiger partial charge in [-0.25, -0.2) is 17.1 Å². The number of ether oxygens (including phenoxy) is 1. The summed E-state index contributed by atoms with van der Waals surface area (Å²) in [5, 5.41) is -0.0189. The third kappa shape index (κ3) is 5.06. The van der Waals surface area contributed by atoms with Crippen LogP contribution < -0.4 is 0 Å². The number of halogens is 2. The second-order valence-electron chi connectivity index (χ2n) is 4.17. The molecule has 1 aromatic rings. The van der Waals surface area contributed by atoms with E-state index in [1.165, 1.54) is 23.5 Å². The van der Waals surface area contributed by atoms with E-state index in [4.69, 9.17) is 16.3 Å². The molecule has 0 saturated heterocycles. The van der Waals surface area contributed by atoms with Crippen molar-refractivity contribution in [2.45, 2.75) is 12.2 Å². The maximum absolute atomic E-state index is 13.2. The first-order chi connectivity index (χ1) is 8.86. The Bertz CT molecular complexity index is 522. The van der Waals surface area contributed by atoms with Gasteiger partial charge in [-0.15, -0.1) is 0 Å². The van der Waals surface area contributed by atoms with E-state index in [1.54, 1.807) is 7.11 Å². The SMILES string of the molecule is COCCCN(C)S(=O)(=O)Cc1ccc(Cl)c(F)c1. The van der Waals surface area contributed by atoms with E-state index in [9.17, 15) is 12.8 Å². The maximum atomic E-state index is 13.2. The molecule has 1 aromatic carbocycles. The molecule has 0 heterocycles. The number of methoxy groups -OCH3 is 1. The molecule has 0 aliphatic rings. The number of nitrogens with zero attached hydrogens (tertiary/aromatic N) is 1. The van der Waals surface area contributed by atoms with Crippen molar-refractivity contribution in [2.24, 2.45) is 0 Å². The fraction of sp³-hybridized carbons (Fsp3) is 0.500. The highest BCUT2D eigenvalue weighted by atomic mass is 35.5. The third-order valence-corrected chi connectivity index (χ3v) is 4.77. The van der Waals surface area contributed by atoms with Crippen LogP contribution in [0.25, 0.3) is 0 Å². The van der Waals surface area contributed by atoms with Crippen molar-refractivity contribution in [2.75, 3.05) is 27.3 Å². The molecule has 0 N–H and O–H groups in total. The molecule has 0 amide bonds. The molecule has 0 aliphatic heterocycles. The van der Waals surface area contributed by atoms with Crippen LogP contribution in [-0.2, 0) is 20.5 Å². The van der Waals surface area contributed by atoms with Crippen LogP contribution in [0.4, 0.5) is 4.39 Å². The van der Waals surface area contributed by atoms with Gasteiger partial charge in [0.25, 0.3) is 0 Å². The number of benzene rings is 1. The van der Waals surface area contributed by atoms with Crippen LogP contribution in [-0.4, -0.2) is 40.0 Å². The van der Waals surface area contributed by atoms with Gasteiger partial charge in [0.05, 0.1) is 10.8 Å². The quantitative estimate of drug-likeness (QED) is 0.726. The lowest BCUT2D eigenvalue weighted by Gasteiger charge is -2.17. The van der Waals surface area contributed by atoms with Gasteiger partial charge < -0.3 is 4.74 Å². The predicted molar refractivity (Wildman–Crippen MR) is 73.2 cm³/mol. The van der Waals surface area contributed by atoms with Crippen LogP contribution in [0.2, 0.25) is 5.02 Å². The first-order valence-corrected chi connectivity index (χ1v) is 7.72. The Morgan fingerprint density at radius 1 is 1.42 bits per heavy atom. The summed E-state index contributed by atoms with van der Waals surface area (Å²) in [7, 11) is -0.398. The Morgan fingerprint density at radius 3 is 2.68 bits per heavy atom. The molecule has 0 bridgehead atoms. The molecule has 0 fully saturated rings. The molecular formula is C12H17ClFNO3S. The van der Waals surface area contributed by atoms with Crippen LogP contribution in [0.3, 0.4) is 0 Å². The van der Waals surface area contributed by atoms with Crippen molar-refractivity contribution < 1.29 is 17.5 Å². The number of rotatable bonds is 7. The number of hydrogen-bond acceptors (Lipinski definition) is 3. The smallest absolute Gasteiger partial charge is 0.218 e. The van der Waals surface area contributed by atoms with Crippen molar-refractivity contribution in [3.05, 3.63) is 34.6 Å². The Kier molecular flexibility index (Phi) is 6.19. The Morgan fingerprint density at radius 2 is 2.11 bits per heavy atom. The molecule has 7 heteroatoms. The summed E-state index contributed by atoms with van der Waals surface area (Å²) in [6.07, 6.45) is 0.612. The van der Waals surface area contributed by atoms with Crippen LogP contribution in [0.15, 0.2) is 18.2 Å². The Hall–Kier alpha value is -0.690. The van der Waals surface area contributed by atoms with Gasteiger partial charge in [0, 0.05) is 27.3 Å². The van der Waals surface area contributed by atoms with E-state index >= 15 is 0 Å². The second kappa shape index (κ2) is 7.19. The molecule has 0 radical (unpaired) electrons. The zero-order valence-corrected chi connectivity index (χ0v) is 12.5. The zero-order valence-electron chi connectivity index (χ0n) is 10.9. The van der Waals surface area contributed by atoms with Crippen LogP contribution in [0.1, 0.15) is 12.0 Å². The first-order valence-electron chi connectivity index (χ1n) is 5.73. The second-order valence-corrected chi connectivity index (χ2v) is 6.66. The molecule has 0 unspecified atom stereocenters. The molecule has 0 aliphatic carbocycles. The van der Waals surface area contributed by atoms with Gasteiger partial charge in [0.2, 0.25) is 10.0 Å². The van der Waals surface area contributed by atoms with Gasteiger partial charge in [0.1, 0.15) is 5.82 Å². The van der Waals surface area contributed by atoms with E-state index in [2.05, 4.69) is 0 Å². The zero-order chi connectivity index (χ0) is 14.5. The molecule has 4 nitrogen and oxygen atoms in total. The van der Waals surface area contributed by atoms with E-state index in [-0.39, 0.29) is 10.8 Å². The van der Waals surface area contributed by atoms with Crippen LogP contribution in [0, 0.1) is 5.82 Å². The van der Waals surface area contributed by atoms with Crippen molar-refractivity contribution in [1.29, 1.82) is 0 Å². The Balaban J connectivity index is 2.70. The maximum Gasteiger partial charge on any atom is 0.218 e. The largest absolute Gasteiger partial charge is 0.385 e. The predicted octanol–water partition coefficient (Wildman–Crippen LogP) is 2.28. The fourth-order valence-electron chi connectivity index (χ4n) is 1.52. The fourth-order valence-corrected chi connectivity index (χ4v) is 2.87. The van der Waals surface area contributed by atoms with Gasteiger partial charge in [-0.05, 0) is 24.1 Å². The van der Waals surface area contributed by atoms with E-state index in [0.717, 1.165) is 6.07 Å². The molecule has 1 rings (SSSR count). The molecule has 108 valence electrons. The molecule has 19 heavy (non-hydrogen) atoms. The summed E-state index contributed by atoms with van der Waals surface area (Å²) < 4.78 is 43.4. The highest BCUT2D eigenvalue weighted by Crippen LogP contribution is 2.18. The third-order valence-electron chi connectivity index (χ3n) is 2.63. The molecule has 0 spiro atoms. The minimum Gasteiger partial charge on any atom is -0.385 e. The first kappa shape index (κ1) is 16.4. The molecule has 0 atom stereocenters. The van der Waals surface area contributed by atoms with Crippen molar-refractivity contribution >= 4 is 21.6 Å². The summed E-state index contributed by atoms with van der Waals surface area (Å²) in [5.41, 5.74) is 0.375. The van der Waals surface area contributed by atoms with Crippen molar-refractivity contribution in [3.63, 3.8) is 0 Å². The summed E-state index contributed by atoms with van der Waals surface area (Å²) in [5.74, 6) is -0.860. The monoisotopic (exact) mass is 309 g/mol. The lowest BCUT2D eigenvalue weighted by molar-refractivity contribution is 0.189. The van der Waals surface area contributed by atoms with Gasteiger partial charge in [0.15, 0.2) is 0 Å². The van der Waals surface area contributed by atoms with Gasteiger partial charge in [-0.1, -0.05) is 17.7 Å². The minimum absolute atomic E-state index is 0.0189. The van der Waals surface area contributed by atoms with Crippen molar-refractivity contribution in [1.82, 2.24) is 4.31 Å². The van der Waals surface area contributed by atoms with E-state index in [0.29, 0.717) is 25.1 Å². The molecule has 0 aromatic heterocycles. The summed E-state index contributed by atoms with van der Waals surface area (Å²) in [6, 6.07) is 4.00. The molecular weight excluding hydrogens is 293 g/mol. The Labute approximate surface area is 118 Å². The van der Waals surface area contributed by atoms with Gasteiger partial charge in [-0.3, -0.25) is 0 Å². The van der Waals surface area contributed by atoms with Gasteiger partial charge in [-0.2, -0.15) is 0 Å². The number of hydrogen-bond donors (Lipinski definition) is 0. The highest BCUT2D eigenvalue weighted by molar-refractivity contribution is 7.88. The summed E-state index contributed by atoms with van der Waals surface area (Å²) in [4.78, 5) is 0. The highest BCUT2D eigenvalue weighted by Gasteiger charge is 2.18. The average molecular weight is 310 g/mol. The average Bonchev–Trinajstić information content (AvgIpc) is 2.33. The number of sulfonamides is 1. The van der Waals surface area contributed by atoms with E-state index < -0.39 is 15.8 Å². The molecule has 0 saturated carbocycles. The lowest BCUT2D eigenvalue weighted by Crippen LogP contribution is -2.29. The van der Waals surface area contributed by atoms with Gasteiger partial charge >= 0.3 is 0 Å².